The van der Waals surface area contributed by atoms with Gasteiger partial charge in [-0.15, -0.1) is 0 Å². The van der Waals surface area contributed by atoms with Gasteiger partial charge >= 0.3 is 0 Å². The quantitative estimate of drug-likeness (QED) is 0.778. The summed E-state index contributed by atoms with van der Waals surface area (Å²) >= 11 is 6.17. The van der Waals surface area contributed by atoms with Crippen molar-refractivity contribution in [1.29, 1.82) is 0 Å². The van der Waals surface area contributed by atoms with Gasteiger partial charge in [0.1, 0.15) is 25.0 Å². The SMILES string of the molecule is Cc1cc(C)c(OC[C@@H](O)C[NH+]2CCN(c3cc(Cl)ccc3C)CC2)c(C)c1. The standard InChI is InChI=1S/C23H31ClN2O2/c1-16-11-18(3)23(19(4)12-16)28-15-21(27)14-25-7-9-26(10-8-25)22-13-20(24)6-5-17(22)2/h5-6,11-13,21,27H,7-10,14-15H2,1-4H3/p+1/t21-/m0/s1. The molecule has 0 radical (unpaired) electrons. The van der Waals surface area contributed by atoms with Gasteiger partial charge in [-0.1, -0.05) is 35.4 Å². The molecule has 2 aromatic carbocycles. The summed E-state index contributed by atoms with van der Waals surface area (Å²) in [5.41, 5.74) is 5.97. The summed E-state index contributed by atoms with van der Waals surface area (Å²) in [5, 5.41) is 11.3. The molecule has 2 N–H and O–H groups in total. The van der Waals surface area contributed by atoms with Crippen LogP contribution in [0.5, 0.6) is 5.75 Å². The maximum absolute atomic E-state index is 10.5. The van der Waals surface area contributed by atoms with Crippen LogP contribution in [0.2, 0.25) is 5.02 Å². The van der Waals surface area contributed by atoms with Gasteiger partial charge in [0, 0.05) is 10.7 Å². The molecule has 3 rings (SSSR count). The number of hydrogen-bond donors (Lipinski definition) is 2. The number of rotatable bonds is 6. The van der Waals surface area contributed by atoms with E-state index in [9.17, 15) is 5.11 Å². The van der Waals surface area contributed by atoms with Gasteiger partial charge in [0.15, 0.2) is 0 Å². The molecule has 1 heterocycles. The molecule has 2 aromatic rings. The summed E-state index contributed by atoms with van der Waals surface area (Å²) in [4.78, 5) is 3.82. The maximum atomic E-state index is 10.5. The van der Waals surface area contributed by atoms with E-state index >= 15 is 0 Å². The lowest BCUT2D eigenvalue weighted by atomic mass is 10.1. The van der Waals surface area contributed by atoms with Crippen molar-refractivity contribution in [2.45, 2.75) is 33.8 Å². The highest BCUT2D eigenvalue weighted by Gasteiger charge is 2.24. The lowest BCUT2D eigenvalue weighted by Crippen LogP contribution is -3.16. The Morgan fingerprint density at radius 2 is 1.68 bits per heavy atom. The number of aliphatic hydroxyl groups is 1. The van der Waals surface area contributed by atoms with Gasteiger partial charge in [0.05, 0.1) is 26.2 Å². The van der Waals surface area contributed by atoms with E-state index in [1.807, 2.05) is 6.07 Å². The van der Waals surface area contributed by atoms with Crippen molar-refractivity contribution in [1.82, 2.24) is 0 Å². The van der Waals surface area contributed by atoms with Crippen LogP contribution in [0.3, 0.4) is 0 Å². The molecule has 0 spiro atoms. The summed E-state index contributed by atoms with van der Waals surface area (Å²) in [6.07, 6.45) is -0.463. The maximum Gasteiger partial charge on any atom is 0.137 e. The molecular formula is C23H32ClN2O2+. The molecular weight excluding hydrogens is 372 g/mol. The molecule has 0 saturated carbocycles. The van der Waals surface area contributed by atoms with E-state index in [0.29, 0.717) is 13.2 Å². The Kier molecular flexibility index (Phi) is 6.86. The number of quaternary nitrogens is 1. The van der Waals surface area contributed by atoms with E-state index in [1.165, 1.54) is 21.7 Å². The average Bonchev–Trinajstić information content (AvgIpc) is 2.63. The number of ether oxygens (including phenoxy) is 1. The fourth-order valence-electron chi connectivity index (χ4n) is 4.16. The van der Waals surface area contributed by atoms with Crippen molar-refractivity contribution >= 4 is 17.3 Å². The van der Waals surface area contributed by atoms with Crippen LogP contribution < -0.4 is 14.5 Å². The van der Waals surface area contributed by atoms with Gasteiger partial charge < -0.3 is 19.6 Å². The Hall–Kier alpha value is -1.75. The highest BCUT2D eigenvalue weighted by atomic mass is 35.5. The molecule has 28 heavy (non-hydrogen) atoms. The molecule has 0 aliphatic carbocycles. The summed E-state index contributed by atoms with van der Waals surface area (Å²) in [6, 6.07) is 10.3. The summed E-state index contributed by atoms with van der Waals surface area (Å²) in [7, 11) is 0. The van der Waals surface area contributed by atoms with Crippen LogP contribution in [0.4, 0.5) is 5.69 Å². The smallest absolute Gasteiger partial charge is 0.137 e. The van der Waals surface area contributed by atoms with Crippen molar-refractivity contribution in [2.75, 3.05) is 44.2 Å². The Morgan fingerprint density at radius 1 is 1.04 bits per heavy atom. The minimum absolute atomic E-state index is 0.339. The molecule has 0 aromatic heterocycles. The zero-order valence-electron chi connectivity index (χ0n) is 17.4. The normalized spacial score (nSPS) is 16.3. The topological polar surface area (TPSA) is 37.1 Å². The predicted molar refractivity (Wildman–Crippen MR) is 116 cm³/mol. The third-order valence-electron chi connectivity index (χ3n) is 5.53. The molecule has 0 unspecified atom stereocenters. The number of nitrogens with one attached hydrogen (secondary N) is 1. The Bertz CT molecular complexity index is 793. The number of piperazine rings is 1. The Labute approximate surface area is 173 Å². The molecule has 4 nitrogen and oxygen atoms in total. The first-order valence-electron chi connectivity index (χ1n) is 10.1. The van der Waals surface area contributed by atoms with Crippen LogP contribution in [0.1, 0.15) is 22.3 Å². The number of anilines is 1. The summed E-state index contributed by atoms with van der Waals surface area (Å²) < 4.78 is 5.96. The van der Waals surface area contributed by atoms with Crippen molar-refractivity contribution < 1.29 is 14.7 Å². The molecule has 1 aliphatic rings. The van der Waals surface area contributed by atoms with Gasteiger partial charge in [-0.05, 0) is 56.5 Å². The average molecular weight is 404 g/mol. The molecule has 1 fully saturated rings. The Morgan fingerprint density at radius 3 is 2.32 bits per heavy atom. The van der Waals surface area contributed by atoms with Gasteiger partial charge in [-0.3, -0.25) is 0 Å². The van der Waals surface area contributed by atoms with E-state index in [0.717, 1.165) is 48.1 Å². The first kappa shape index (κ1) is 21.0. The number of halogens is 1. The third-order valence-corrected chi connectivity index (χ3v) is 5.77. The second kappa shape index (κ2) is 9.17. The van der Waals surface area contributed by atoms with Crippen molar-refractivity contribution in [3.05, 3.63) is 57.6 Å². The van der Waals surface area contributed by atoms with Crippen LogP contribution in [0, 0.1) is 27.7 Å². The predicted octanol–water partition coefficient (Wildman–Crippen LogP) is 2.72. The van der Waals surface area contributed by atoms with E-state index in [1.54, 1.807) is 0 Å². The van der Waals surface area contributed by atoms with Gasteiger partial charge in [-0.2, -0.15) is 0 Å². The van der Waals surface area contributed by atoms with Crippen LogP contribution in [0.25, 0.3) is 0 Å². The molecule has 0 amide bonds. The number of aliphatic hydroxyl groups excluding tert-OH is 1. The van der Waals surface area contributed by atoms with E-state index in [2.05, 4.69) is 56.9 Å². The van der Waals surface area contributed by atoms with Crippen molar-refractivity contribution in [3.8, 4) is 5.75 Å². The number of hydrogen-bond acceptors (Lipinski definition) is 3. The minimum Gasteiger partial charge on any atom is -0.490 e. The van der Waals surface area contributed by atoms with Crippen LogP contribution in [-0.4, -0.2) is 50.5 Å². The second-order valence-electron chi connectivity index (χ2n) is 8.06. The zero-order chi connectivity index (χ0) is 20.3. The van der Waals surface area contributed by atoms with Gasteiger partial charge in [0.25, 0.3) is 0 Å². The summed E-state index contributed by atoms with van der Waals surface area (Å²) in [5.74, 6) is 0.904. The van der Waals surface area contributed by atoms with Crippen molar-refractivity contribution in [2.24, 2.45) is 0 Å². The molecule has 5 heteroatoms. The van der Waals surface area contributed by atoms with Crippen LogP contribution >= 0.6 is 11.6 Å². The van der Waals surface area contributed by atoms with Crippen molar-refractivity contribution in [3.63, 3.8) is 0 Å². The zero-order valence-corrected chi connectivity index (χ0v) is 18.1. The van der Waals surface area contributed by atoms with Crippen LogP contribution in [-0.2, 0) is 0 Å². The molecule has 1 atom stereocenters. The largest absolute Gasteiger partial charge is 0.490 e. The van der Waals surface area contributed by atoms with Gasteiger partial charge in [0.2, 0.25) is 0 Å². The first-order chi connectivity index (χ1) is 13.3. The van der Waals surface area contributed by atoms with E-state index in [4.69, 9.17) is 16.3 Å². The first-order valence-corrected chi connectivity index (χ1v) is 10.4. The fourth-order valence-corrected chi connectivity index (χ4v) is 4.32. The number of benzene rings is 2. The minimum atomic E-state index is -0.463. The molecule has 1 saturated heterocycles. The molecule has 152 valence electrons. The second-order valence-corrected chi connectivity index (χ2v) is 8.50. The van der Waals surface area contributed by atoms with Gasteiger partial charge in [-0.25, -0.2) is 0 Å². The highest BCUT2D eigenvalue weighted by molar-refractivity contribution is 6.30. The van der Waals surface area contributed by atoms with E-state index < -0.39 is 6.10 Å². The third kappa shape index (κ3) is 5.19. The molecule has 0 bridgehead atoms. The Balaban J connectivity index is 1.49. The number of nitrogens with zero attached hydrogens (tertiary/aromatic N) is 1. The summed E-state index contributed by atoms with van der Waals surface area (Å²) in [6.45, 7) is 13.3. The van der Waals surface area contributed by atoms with E-state index in [-0.39, 0.29) is 0 Å². The van der Waals surface area contributed by atoms with Crippen LogP contribution in [0.15, 0.2) is 30.3 Å². The molecule has 1 aliphatic heterocycles. The number of aryl methyl sites for hydroxylation is 4. The fraction of sp³-hybridized carbons (Fsp3) is 0.478. The monoisotopic (exact) mass is 403 g/mol. The lowest BCUT2D eigenvalue weighted by Gasteiger charge is -2.35. The highest BCUT2D eigenvalue weighted by Crippen LogP contribution is 2.25. The lowest BCUT2D eigenvalue weighted by molar-refractivity contribution is -0.903.